The molecule has 0 heterocycles. The summed E-state index contributed by atoms with van der Waals surface area (Å²) in [6.45, 7) is 1.42. The van der Waals surface area contributed by atoms with Crippen molar-refractivity contribution in [2.75, 3.05) is 6.61 Å². The van der Waals surface area contributed by atoms with E-state index in [1.54, 1.807) is 0 Å². The molecule has 0 aliphatic heterocycles. The molecule has 18 heavy (non-hydrogen) atoms. The number of alkyl halides is 1. The number of carbonyl (C=O) groups is 1. The Kier molecular flexibility index (Phi) is 4.52. The fraction of sp³-hybridized carbons (Fsp3) is 0.300. The first kappa shape index (κ1) is 13.8. The van der Waals surface area contributed by atoms with Gasteiger partial charge in [-0.15, -0.1) is 0 Å². The number of carbonyl (C=O) groups excluding carboxylic acids is 1. The molecule has 1 aromatic rings. The van der Waals surface area contributed by atoms with Gasteiger partial charge in [0.25, 0.3) is 5.69 Å². The van der Waals surface area contributed by atoms with Crippen molar-refractivity contribution >= 4 is 11.7 Å². The first-order chi connectivity index (χ1) is 8.45. The molecule has 0 spiro atoms. The van der Waals surface area contributed by atoms with Gasteiger partial charge in [0.1, 0.15) is 0 Å². The summed E-state index contributed by atoms with van der Waals surface area (Å²) in [5.41, 5.74) is -0.508. The summed E-state index contributed by atoms with van der Waals surface area (Å²) < 4.78 is 35.0. The minimum atomic E-state index is -2.49. The van der Waals surface area contributed by atoms with Gasteiger partial charge in [0.15, 0.2) is 11.6 Å². The van der Waals surface area contributed by atoms with Crippen LogP contribution in [0, 0.1) is 15.9 Å². The number of nitro groups is 1. The quantitative estimate of drug-likeness (QED) is 0.460. The number of rotatable bonds is 5. The van der Waals surface area contributed by atoms with Crippen LogP contribution >= 0.6 is 0 Å². The van der Waals surface area contributed by atoms with Crippen molar-refractivity contribution in [2.45, 2.75) is 13.3 Å². The molecule has 6 nitrogen and oxygen atoms in total. The van der Waals surface area contributed by atoms with E-state index in [1.807, 2.05) is 0 Å². The Balaban J connectivity index is 2.79. The molecule has 0 N–H and O–H groups in total. The van der Waals surface area contributed by atoms with Crippen LogP contribution in [0.2, 0.25) is 0 Å². The number of nitro benzene ring substituents is 1. The van der Waals surface area contributed by atoms with E-state index < -0.39 is 34.5 Å². The normalized spacial score (nSPS) is 11.7. The summed E-state index contributed by atoms with van der Waals surface area (Å²) in [5, 5.41) is 10.3. The lowest BCUT2D eigenvalue weighted by Crippen LogP contribution is -2.25. The average molecular weight is 261 g/mol. The fourth-order valence-electron chi connectivity index (χ4n) is 1.07. The molecule has 1 atom stereocenters. The second kappa shape index (κ2) is 5.89. The fourth-order valence-corrected chi connectivity index (χ4v) is 1.07. The Morgan fingerprint density at radius 3 is 2.72 bits per heavy atom. The van der Waals surface area contributed by atoms with Crippen LogP contribution in [0.25, 0.3) is 0 Å². The molecule has 1 aromatic carbocycles. The van der Waals surface area contributed by atoms with Crippen LogP contribution in [0.15, 0.2) is 18.2 Å². The summed E-state index contributed by atoms with van der Waals surface area (Å²) in [7, 11) is 0. The minimum absolute atomic E-state index is 0.0502. The number of non-ortho nitro benzene ring substituents is 1. The van der Waals surface area contributed by atoms with Crippen molar-refractivity contribution < 1.29 is 28.0 Å². The van der Waals surface area contributed by atoms with Crippen molar-refractivity contribution in [1.29, 1.82) is 0 Å². The predicted molar refractivity (Wildman–Crippen MR) is 55.2 cm³/mol. The van der Waals surface area contributed by atoms with Crippen LogP contribution in [-0.4, -0.2) is 23.9 Å². The van der Waals surface area contributed by atoms with Crippen LogP contribution in [-0.2, 0) is 9.53 Å². The largest absolute Gasteiger partial charge is 0.461 e. The standard InChI is InChI=1S/C10H9F2NO5/c1-2-17-10(14)9(12)18-8-4-3-6(13(15)16)5-7(8)11/h3-5,9H,2H2,1H3. The Morgan fingerprint density at radius 2 is 2.22 bits per heavy atom. The van der Waals surface area contributed by atoms with E-state index in [-0.39, 0.29) is 6.61 Å². The number of nitrogens with zero attached hydrogens (tertiary/aromatic N) is 1. The summed E-state index contributed by atoms with van der Waals surface area (Å²) in [5.74, 6) is -3.05. The van der Waals surface area contributed by atoms with E-state index in [0.29, 0.717) is 6.07 Å². The minimum Gasteiger partial charge on any atom is -0.461 e. The highest BCUT2D eigenvalue weighted by Crippen LogP contribution is 2.23. The first-order valence-corrected chi connectivity index (χ1v) is 4.87. The Bertz CT molecular complexity index is 466. The lowest BCUT2D eigenvalue weighted by molar-refractivity contribution is -0.385. The molecule has 0 radical (unpaired) electrons. The number of benzene rings is 1. The van der Waals surface area contributed by atoms with Crippen LogP contribution in [0.5, 0.6) is 5.75 Å². The molecule has 8 heteroatoms. The van der Waals surface area contributed by atoms with Gasteiger partial charge in [0.05, 0.1) is 17.6 Å². The van der Waals surface area contributed by atoms with Gasteiger partial charge in [0.2, 0.25) is 0 Å². The van der Waals surface area contributed by atoms with Gasteiger partial charge in [-0.1, -0.05) is 0 Å². The monoisotopic (exact) mass is 261 g/mol. The molecule has 0 aliphatic carbocycles. The SMILES string of the molecule is CCOC(=O)C(F)Oc1ccc([N+](=O)[O-])cc1F. The third kappa shape index (κ3) is 3.37. The number of ether oxygens (including phenoxy) is 2. The molecular weight excluding hydrogens is 252 g/mol. The van der Waals surface area contributed by atoms with Crippen molar-refractivity contribution in [3.63, 3.8) is 0 Å². The second-order valence-electron chi connectivity index (χ2n) is 3.06. The number of esters is 1. The van der Waals surface area contributed by atoms with E-state index in [0.717, 1.165) is 12.1 Å². The smallest absolute Gasteiger partial charge is 0.381 e. The van der Waals surface area contributed by atoms with Gasteiger partial charge in [0, 0.05) is 6.07 Å². The van der Waals surface area contributed by atoms with E-state index in [4.69, 9.17) is 0 Å². The lowest BCUT2D eigenvalue weighted by atomic mass is 10.3. The highest BCUT2D eigenvalue weighted by Gasteiger charge is 2.22. The molecule has 0 bridgehead atoms. The topological polar surface area (TPSA) is 78.7 Å². The maximum Gasteiger partial charge on any atom is 0.381 e. The molecular formula is C10H9F2NO5. The molecule has 0 amide bonds. The second-order valence-corrected chi connectivity index (χ2v) is 3.06. The summed E-state index contributed by atoms with van der Waals surface area (Å²) in [4.78, 5) is 20.4. The number of hydrogen-bond donors (Lipinski definition) is 0. The predicted octanol–water partition coefficient (Wildman–Crippen LogP) is 1.97. The van der Waals surface area contributed by atoms with Crippen LogP contribution < -0.4 is 4.74 Å². The van der Waals surface area contributed by atoms with Crippen molar-refractivity contribution in [3.05, 3.63) is 34.1 Å². The summed E-state index contributed by atoms with van der Waals surface area (Å²) in [6, 6.07) is 2.35. The van der Waals surface area contributed by atoms with Gasteiger partial charge >= 0.3 is 12.3 Å². The zero-order chi connectivity index (χ0) is 13.7. The zero-order valence-corrected chi connectivity index (χ0v) is 9.26. The van der Waals surface area contributed by atoms with Crippen LogP contribution in [0.3, 0.4) is 0 Å². The number of hydrogen-bond acceptors (Lipinski definition) is 5. The van der Waals surface area contributed by atoms with E-state index >= 15 is 0 Å². The molecule has 1 rings (SSSR count). The molecule has 0 saturated carbocycles. The van der Waals surface area contributed by atoms with Gasteiger partial charge in [-0.2, -0.15) is 4.39 Å². The van der Waals surface area contributed by atoms with Crippen molar-refractivity contribution in [2.24, 2.45) is 0 Å². The van der Waals surface area contributed by atoms with Gasteiger partial charge in [-0.3, -0.25) is 10.1 Å². The summed E-state index contributed by atoms with van der Waals surface area (Å²) in [6.07, 6.45) is -2.49. The third-order valence-corrected chi connectivity index (χ3v) is 1.83. The zero-order valence-electron chi connectivity index (χ0n) is 9.26. The Hall–Kier alpha value is -2.25. The number of halogens is 2. The lowest BCUT2D eigenvalue weighted by Gasteiger charge is -2.10. The Labute approximate surface area is 100 Å². The maximum atomic E-state index is 13.3. The van der Waals surface area contributed by atoms with E-state index in [2.05, 4.69) is 9.47 Å². The highest BCUT2D eigenvalue weighted by molar-refractivity contribution is 5.73. The molecule has 98 valence electrons. The molecule has 0 aliphatic rings. The van der Waals surface area contributed by atoms with Crippen LogP contribution in [0.4, 0.5) is 14.5 Å². The molecule has 0 saturated heterocycles. The Morgan fingerprint density at radius 1 is 1.56 bits per heavy atom. The molecule has 0 fully saturated rings. The molecule has 0 aromatic heterocycles. The van der Waals surface area contributed by atoms with E-state index in [9.17, 15) is 23.7 Å². The molecule has 1 unspecified atom stereocenters. The van der Waals surface area contributed by atoms with Crippen molar-refractivity contribution in [3.8, 4) is 5.75 Å². The van der Waals surface area contributed by atoms with E-state index in [1.165, 1.54) is 6.92 Å². The summed E-state index contributed by atoms with van der Waals surface area (Å²) >= 11 is 0. The average Bonchev–Trinajstić information content (AvgIpc) is 2.31. The highest BCUT2D eigenvalue weighted by atomic mass is 19.1. The third-order valence-electron chi connectivity index (χ3n) is 1.83. The maximum absolute atomic E-state index is 13.3. The van der Waals surface area contributed by atoms with Crippen molar-refractivity contribution in [1.82, 2.24) is 0 Å². The first-order valence-electron chi connectivity index (χ1n) is 4.87. The van der Waals surface area contributed by atoms with Gasteiger partial charge in [-0.25, -0.2) is 9.18 Å². The van der Waals surface area contributed by atoms with Gasteiger partial charge < -0.3 is 9.47 Å². The van der Waals surface area contributed by atoms with Gasteiger partial charge in [-0.05, 0) is 13.0 Å². The van der Waals surface area contributed by atoms with Crippen LogP contribution in [0.1, 0.15) is 6.92 Å².